The number of hydrogen-bond acceptors (Lipinski definition) is 2. The molecule has 3 nitrogen and oxygen atoms in total. The highest BCUT2D eigenvalue weighted by molar-refractivity contribution is 7.89. The van der Waals surface area contributed by atoms with E-state index in [9.17, 15) is 8.42 Å². The van der Waals surface area contributed by atoms with Crippen LogP contribution in [0, 0.1) is 12.3 Å². The van der Waals surface area contributed by atoms with Crippen LogP contribution in [0.2, 0.25) is 5.02 Å². The summed E-state index contributed by atoms with van der Waals surface area (Å²) in [5.74, 6) is 2.46. The molecule has 0 radical (unpaired) electrons. The fraction of sp³-hybridized carbons (Fsp3) is 0.467. The third-order valence-electron chi connectivity index (χ3n) is 3.65. The topological polar surface area (TPSA) is 37.4 Å². The zero-order valence-electron chi connectivity index (χ0n) is 11.3. The van der Waals surface area contributed by atoms with Gasteiger partial charge in [-0.3, -0.25) is 0 Å². The van der Waals surface area contributed by atoms with Crippen LogP contribution in [-0.4, -0.2) is 25.3 Å². The van der Waals surface area contributed by atoms with Gasteiger partial charge in [0.15, 0.2) is 0 Å². The second-order valence-corrected chi connectivity index (χ2v) is 7.24. The van der Waals surface area contributed by atoms with E-state index in [0.29, 0.717) is 0 Å². The van der Waals surface area contributed by atoms with Crippen molar-refractivity contribution in [2.75, 3.05) is 6.54 Å². The van der Waals surface area contributed by atoms with Crippen LogP contribution in [-0.2, 0) is 10.0 Å². The summed E-state index contributed by atoms with van der Waals surface area (Å²) in [5.41, 5.74) is 0. The summed E-state index contributed by atoms with van der Waals surface area (Å²) in [6.07, 6.45) is 10.3. The van der Waals surface area contributed by atoms with Gasteiger partial charge in [-0.2, -0.15) is 4.31 Å². The van der Waals surface area contributed by atoms with Crippen molar-refractivity contribution in [2.24, 2.45) is 0 Å². The van der Waals surface area contributed by atoms with Crippen LogP contribution < -0.4 is 0 Å². The summed E-state index contributed by atoms with van der Waals surface area (Å²) >= 11 is 6.03. The standard InChI is InChI=1S/C15H18ClNO2S/c1-2-12-17(13-8-4-3-5-9-13)20(18,19)15-11-7-6-10-14(15)16/h1,6-7,10-11,13H,3-5,8-9,12H2. The molecule has 5 heteroatoms. The predicted molar refractivity (Wildman–Crippen MR) is 81.0 cm³/mol. The summed E-state index contributed by atoms with van der Waals surface area (Å²) in [4.78, 5) is 0.141. The monoisotopic (exact) mass is 311 g/mol. The molecule has 0 unspecified atom stereocenters. The van der Waals surface area contributed by atoms with Gasteiger partial charge in [0.05, 0.1) is 11.6 Å². The molecule has 0 heterocycles. The Morgan fingerprint density at radius 1 is 1.25 bits per heavy atom. The van der Waals surface area contributed by atoms with E-state index in [1.165, 1.54) is 10.4 Å². The number of terminal acetylenes is 1. The van der Waals surface area contributed by atoms with Crippen molar-refractivity contribution in [2.45, 2.75) is 43.0 Å². The Morgan fingerprint density at radius 2 is 1.90 bits per heavy atom. The molecular weight excluding hydrogens is 294 g/mol. The number of halogens is 1. The van der Waals surface area contributed by atoms with Crippen molar-refractivity contribution in [3.63, 3.8) is 0 Å². The van der Waals surface area contributed by atoms with E-state index >= 15 is 0 Å². The summed E-state index contributed by atoms with van der Waals surface area (Å²) in [6, 6.07) is 6.50. The molecule has 0 aliphatic heterocycles. The van der Waals surface area contributed by atoms with Gasteiger partial charge in [0.2, 0.25) is 10.0 Å². The first-order valence-electron chi connectivity index (χ1n) is 6.77. The van der Waals surface area contributed by atoms with Gasteiger partial charge in [0.25, 0.3) is 0 Å². The van der Waals surface area contributed by atoms with Crippen molar-refractivity contribution in [3.8, 4) is 12.3 Å². The lowest BCUT2D eigenvalue weighted by Crippen LogP contribution is -2.41. The van der Waals surface area contributed by atoms with E-state index in [0.717, 1.165) is 32.1 Å². The van der Waals surface area contributed by atoms with Crippen molar-refractivity contribution >= 4 is 21.6 Å². The third-order valence-corrected chi connectivity index (χ3v) is 6.05. The van der Waals surface area contributed by atoms with Gasteiger partial charge in [-0.15, -0.1) is 6.42 Å². The SMILES string of the molecule is C#CCN(C1CCCCC1)S(=O)(=O)c1ccccc1Cl. The maximum atomic E-state index is 12.8. The van der Waals surface area contributed by atoms with Gasteiger partial charge < -0.3 is 0 Å². The lowest BCUT2D eigenvalue weighted by molar-refractivity contribution is 0.271. The Bertz CT molecular complexity index is 601. The van der Waals surface area contributed by atoms with E-state index < -0.39 is 10.0 Å². The molecule has 0 atom stereocenters. The number of hydrogen-bond donors (Lipinski definition) is 0. The number of benzene rings is 1. The third kappa shape index (κ3) is 3.17. The normalized spacial score (nSPS) is 17.1. The average molecular weight is 312 g/mol. The minimum Gasteiger partial charge on any atom is -0.207 e. The van der Waals surface area contributed by atoms with Gasteiger partial charge >= 0.3 is 0 Å². The molecule has 0 amide bonds. The lowest BCUT2D eigenvalue weighted by atomic mass is 9.95. The second kappa shape index (κ2) is 6.62. The van der Waals surface area contributed by atoms with Crippen molar-refractivity contribution in [3.05, 3.63) is 29.3 Å². The van der Waals surface area contributed by atoms with Crippen molar-refractivity contribution in [1.82, 2.24) is 4.31 Å². The van der Waals surface area contributed by atoms with Crippen molar-refractivity contribution < 1.29 is 8.42 Å². The largest absolute Gasteiger partial charge is 0.245 e. The molecule has 1 saturated carbocycles. The fourth-order valence-electron chi connectivity index (χ4n) is 2.65. The average Bonchev–Trinajstić information content (AvgIpc) is 2.45. The summed E-state index contributed by atoms with van der Waals surface area (Å²) in [5, 5.41) is 0.241. The predicted octanol–water partition coefficient (Wildman–Crippen LogP) is 3.30. The van der Waals surface area contributed by atoms with Crippen LogP contribution in [0.5, 0.6) is 0 Å². The second-order valence-electron chi connectivity index (χ2n) is 4.98. The first-order chi connectivity index (χ1) is 9.57. The molecular formula is C15H18ClNO2S. The van der Waals surface area contributed by atoms with Gasteiger partial charge in [-0.25, -0.2) is 8.42 Å². The molecule has 0 N–H and O–H groups in total. The van der Waals surface area contributed by atoms with Crippen LogP contribution in [0.15, 0.2) is 29.2 Å². The van der Waals surface area contributed by atoms with Gasteiger partial charge in [-0.05, 0) is 25.0 Å². The van der Waals surface area contributed by atoms with E-state index in [1.54, 1.807) is 18.2 Å². The quantitative estimate of drug-likeness (QED) is 0.800. The lowest BCUT2D eigenvalue weighted by Gasteiger charge is -2.32. The first kappa shape index (κ1) is 15.4. The molecule has 1 aromatic rings. The van der Waals surface area contributed by atoms with Gasteiger partial charge in [0, 0.05) is 6.04 Å². The van der Waals surface area contributed by atoms with Crippen LogP contribution in [0.25, 0.3) is 0 Å². The maximum Gasteiger partial charge on any atom is 0.245 e. The van der Waals surface area contributed by atoms with E-state index in [1.807, 2.05) is 0 Å². The van der Waals surface area contributed by atoms with E-state index in [4.69, 9.17) is 18.0 Å². The summed E-state index contributed by atoms with van der Waals surface area (Å²) in [6.45, 7) is 0.0955. The van der Waals surface area contributed by atoms with Crippen LogP contribution >= 0.6 is 11.6 Å². The van der Waals surface area contributed by atoms with Crippen LogP contribution in [0.4, 0.5) is 0 Å². The Labute approximate surface area is 126 Å². The molecule has 1 aliphatic rings. The van der Waals surface area contributed by atoms with Crippen LogP contribution in [0.1, 0.15) is 32.1 Å². The fourth-order valence-corrected chi connectivity index (χ4v) is 4.74. The van der Waals surface area contributed by atoms with Crippen molar-refractivity contribution in [1.29, 1.82) is 0 Å². The smallest absolute Gasteiger partial charge is 0.207 e. The first-order valence-corrected chi connectivity index (χ1v) is 8.59. The zero-order chi connectivity index (χ0) is 14.6. The number of rotatable bonds is 4. The molecule has 2 rings (SSSR count). The molecule has 0 aromatic heterocycles. The maximum absolute atomic E-state index is 12.8. The molecule has 0 bridgehead atoms. The van der Waals surface area contributed by atoms with E-state index in [-0.39, 0.29) is 22.5 Å². The van der Waals surface area contributed by atoms with E-state index in [2.05, 4.69) is 5.92 Å². The molecule has 1 fully saturated rings. The molecule has 1 aliphatic carbocycles. The zero-order valence-corrected chi connectivity index (χ0v) is 12.8. The molecule has 0 spiro atoms. The highest BCUT2D eigenvalue weighted by Gasteiger charge is 2.32. The Morgan fingerprint density at radius 3 is 2.50 bits per heavy atom. The number of sulfonamides is 1. The Balaban J connectivity index is 2.37. The highest BCUT2D eigenvalue weighted by Crippen LogP contribution is 2.30. The molecule has 1 aromatic carbocycles. The summed E-state index contributed by atoms with van der Waals surface area (Å²) in [7, 11) is -3.63. The van der Waals surface area contributed by atoms with Gasteiger partial charge in [-0.1, -0.05) is 48.9 Å². The van der Waals surface area contributed by atoms with Crippen LogP contribution in [0.3, 0.4) is 0 Å². The molecule has 0 saturated heterocycles. The molecule has 108 valence electrons. The summed E-state index contributed by atoms with van der Waals surface area (Å²) < 4.78 is 27.0. The molecule has 20 heavy (non-hydrogen) atoms. The Kier molecular flexibility index (Phi) is 5.09. The minimum absolute atomic E-state index is 0.0129. The highest BCUT2D eigenvalue weighted by atomic mass is 35.5. The minimum atomic E-state index is -3.63. The Hall–Kier alpha value is -1.02. The number of nitrogens with zero attached hydrogens (tertiary/aromatic N) is 1. The van der Waals surface area contributed by atoms with Gasteiger partial charge in [0.1, 0.15) is 4.90 Å².